The van der Waals surface area contributed by atoms with Crippen molar-refractivity contribution >= 4 is 0 Å². The van der Waals surface area contributed by atoms with E-state index in [1.165, 1.54) is 0 Å². The molecule has 0 nitrogen and oxygen atoms in total. The number of halogens is 6. The Morgan fingerprint density at radius 3 is 1.67 bits per heavy atom. The van der Waals surface area contributed by atoms with Crippen LogP contribution in [-0.2, 0) is 0 Å². The summed E-state index contributed by atoms with van der Waals surface area (Å²) in [5.74, 6) is 0. The van der Waals surface area contributed by atoms with E-state index in [4.69, 9.17) is 0 Å². The van der Waals surface area contributed by atoms with Crippen LogP contribution in [0.3, 0.4) is 0 Å². The quantitative estimate of drug-likeness (QED) is 0.489. The van der Waals surface area contributed by atoms with E-state index in [-0.39, 0.29) is 6.08 Å². The first-order chi connectivity index (χ1) is 6.62. The van der Waals surface area contributed by atoms with Gasteiger partial charge in [0, 0.05) is 5.57 Å². The predicted molar refractivity (Wildman–Crippen MR) is 44.2 cm³/mol. The van der Waals surface area contributed by atoms with E-state index in [0.717, 1.165) is 13.8 Å². The second-order valence-corrected chi connectivity index (χ2v) is 2.76. The SMILES string of the molecule is C/C=C(\C=C(/CC)C(F)(F)F)C(F)(F)F. The molecule has 0 aliphatic heterocycles. The Labute approximate surface area is 83.3 Å². The number of hydrogen-bond donors (Lipinski definition) is 0. The highest BCUT2D eigenvalue weighted by Gasteiger charge is 2.36. The van der Waals surface area contributed by atoms with Gasteiger partial charge in [0.2, 0.25) is 0 Å². The largest absolute Gasteiger partial charge is 0.416 e. The van der Waals surface area contributed by atoms with Crippen LogP contribution in [0.15, 0.2) is 23.3 Å². The van der Waals surface area contributed by atoms with Gasteiger partial charge in [-0.15, -0.1) is 0 Å². The minimum Gasteiger partial charge on any atom is -0.166 e. The van der Waals surface area contributed by atoms with Crippen molar-refractivity contribution in [2.45, 2.75) is 32.6 Å². The number of hydrogen-bond acceptors (Lipinski definition) is 0. The van der Waals surface area contributed by atoms with Crippen molar-refractivity contribution < 1.29 is 26.3 Å². The summed E-state index contributed by atoms with van der Waals surface area (Å²) in [7, 11) is 0. The summed E-state index contributed by atoms with van der Waals surface area (Å²) in [5, 5.41) is 0. The van der Waals surface area contributed by atoms with Gasteiger partial charge in [-0.1, -0.05) is 13.0 Å². The lowest BCUT2D eigenvalue weighted by Gasteiger charge is -2.12. The van der Waals surface area contributed by atoms with Gasteiger partial charge < -0.3 is 0 Å². The van der Waals surface area contributed by atoms with Crippen LogP contribution in [0.2, 0.25) is 0 Å². The number of alkyl halides is 6. The molecular formula is C9H10F6. The molecule has 6 heteroatoms. The first kappa shape index (κ1) is 14.1. The van der Waals surface area contributed by atoms with Gasteiger partial charge in [-0.2, -0.15) is 26.3 Å². The summed E-state index contributed by atoms with van der Waals surface area (Å²) in [6, 6.07) is 0. The van der Waals surface area contributed by atoms with E-state index >= 15 is 0 Å². The molecule has 15 heavy (non-hydrogen) atoms. The van der Waals surface area contributed by atoms with Crippen LogP contribution in [0, 0.1) is 0 Å². The molecule has 0 saturated heterocycles. The molecule has 0 atom stereocenters. The second-order valence-electron chi connectivity index (χ2n) is 2.76. The van der Waals surface area contributed by atoms with Gasteiger partial charge in [-0.25, -0.2) is 0 Å². The molecule has 0 radical (unpaired) electrons. The van der Waals surface area contributed by atoms with Crippen LogP contribution in [-0.4, -0.2) is 12.4 Å². The first-order valence-corrected chi connectivity index (χ1v) is 4.14. The van der Waals surface area contributed by atoms with Crippen molar-refractivity contribution in [2.75, 3.05) is 0 Å². The molecule has 0 heterocycles. The Kier molecular flexibility index (Phi) is 4.42. The number of allylic oxidation sites excluding steroid dienone is 4. The van der Waals surface area contributed by atoms with Gasteiger partial charge in [-0.05, 0) is 19.4 Å². The summed E-state index contributed by atoms with van der Waals surface area (Å²) < 4.78 is 72.8. The monoisotopic (exact) mass is 232 g/mol. The minimum absolute atomic E-state index is 0.139. The van der Waals surface area contributed by atoms with Gasteiger partial charge in [0.25, 0.3) is 0 Å². The Balaban J connectivity index is 5.17. The van der Waals surface area contributed by atoms with Gasteiger partial charge in [0.15, 0.2) is 0 Å². The molecule has 88 valence electrons. The van der Waals surface area contributed by atoms with E-state index in [1.54, 1.807) is 0 Å². The molecule has 0 aliphatic carbocycles. The van der Waals surface area contributed by atoms with E-state index < -0.39 is 29.9 Å². The molecule has 0 aromatic carbocycles. The molecule has 0 spiro atoms. The molecule has 0 unspecified atom stereocenters. The van der Waals surface area contributed by atoms with Crippen LogP contribution >= 0.6 is 0 Å². The van der Waals surface area contributed by atoms with Crippen molar-refractivity contribution in [1.82, 2.24) is 0 Å². The third-order valence-electron chi connectivity index (χ3n) is 1.71. The fraction of sp³-hybridized carbons (Fsp3) is 0.556. The van der Waals surface area contributed by atoms with Crippen molar-refractivity contribution in [3.8, 4) is 0 Å². The standard InChI is InChI=1S/C9H10F6/c1-3-6(8(10,11)12)5-7(4-2)9(13,14)15/h3,5H,4H2,1-2H3/b6-3+,7-5+. The fourth-order valence-electron chi connectivity index (χ4n) is 0.901. The Morgan fingerprint density at radius 2 is 1.47 bits per heavy atom. The zero-order valence-electron chi connectivity index (χ0n) is 8.13. The Morgan fingerprint density at radius 1 is 1.00 bits per heavy atom. The summed E-state index contributed by atoms with van der Waals surface area (Å²) in [5.41, 5.74) is -2.47. The molecule has 0 rings (SSSR count). The maximum atomic E-state index is 12.1. The van der Waals surface area contributed by atoms with E-state index in [0.29, 0.717) is 6.08 Å². The summed E-state index contributed by atoms with van der Waals surface area (Å²) >= 11 is 0. The van der Waals surface area contributed by atoms with Crippen LogP contribution < -0.4 is 0 Å². The van der Waals surface area contributed by atoms with Crippen molar-refractivity contribution in [3.63, 3.8) is 0 Å². The van der Waals surface area contributed by atoms with Crippen LogP contribution in [0.1, 0.15) is 20.3 Å². The molecule has 0 aromatic rings. The molecule has 0 bridgehead atoms. The van der Waals surface area contributed by atoms with E-state index in [2.05, 4.69) is 0 Å². The Hall–Kier alpha value is -0.940. The average Bonchev–Trinajstić information content (AvgIpc) is 2.01. The van der Waals surface area contributed by atoms with Crippen molar-refractivity contribution in [2.24, 2.45) is 0 Å². The van der Waals surface area contributed by atoms with Crippen LogP contribution in [0.4, 0.5) is 26.3 Å². The fourth-order valence-corrected chi connectivity index (χ4v) is 0.901. The minimum atomic E-state index is -4.75. The van der Waals surface area contributed by atoms with Crippen molar-refractivity contribution in [3.05, 3.63) is 23.3 Å². The molecule has 0 fully saturated rings. The highest BCUT2D eigenvalue weighted by molar-refractivity contribution is 5.29. The average molecular weight is 232 g/mol. The topological polar surface area (TPSA) is 0 Å². The van der Waals surface area contributed by atoms with E-state index in [9.17, 15) is 26.3 Å². The predicted octanol–water partition coefficient (Wildman–Crippen LogP) is 4.39. The van der Waals surface area contributed by atoms with Gasteiger partial charge >= 0.3 is 12.4 Å². The lowest BCUT2D eigenvalue weighted by molar-refractivity contribution is -0.0970. The maximum absolute atomic E-state index is 12.1. The third kappa shape index (κ3) is 4.40. The number of rotatable bonds is 2. The second kappa shape index (κ2) is 4.72. The molecular weight excluding hydrogens is 222 g/mol. The molecule has 0 N–H and O–H groups in total. The lowest BCUT2D eigenvalue weighted by atomic mass is 10.1. The normalized spacial score (nSPS) is 15.7. The highest BCUT2D eigenvalue weighted by Crippen LogP contribution is 2.33. The third-order valence-corrected chi connectivity index (χ3v) is 1.71. The van der Waals surface area contributed by atoms with Gasteiger partial charge in [-0.3, -0.25) is 0 Å². The van der Waals surface area contributed by atoms with Gasteiger partial charge in [0.05, 0.1) is 5.57 Å². The zero-order chi connectivity index (χ0) is 12.3. The summed E-state index contributed by atoms with van der Waals surface area (Å²) in [6.07, 6.45) is -9.20. The highest BCUT2D eigenvalue weighted by atomic mass is 19.4. The zero-order valence-corrected chi connectivity index (χ0v) is 8.13. The smallest absolute Gasteiger partial charge is 0.166 e. The summed E-state index contributed by atoms with van der Waals surface area (Å²) in [4.78, 5) is 0. The summed E-state index contributed by atoms with van der Waals surface area (Å²) in [6.45, 7) is 2.20. The molecule has 0 aliphatic rings. The lowest BCUT2D eigenvalue weighted by Crippen LogP contribution is -2.15. The first-order valence-electron chi connectivity index (χ1n) is 4.14. The van der Waals surface area contributed by atoms with Crippen LogP contribution in [0.25, 0.3) is 0 Å². The van der Waals surface area contributed by atoms with Gasteiger partial charge in [0.1, 0.15) is 0 Å². The Bertz CT molecular complexity index is 265. The maximum Gasteiger partial charge on any atom is 0.416 e. The molecule has 0 saturated carbocycles. The van der Waals surface area contributed by atoms with Crippen molar-refractivity contribution in [1.29, 1.82) is 0 Å². The van der Waals surface area contributed by atoms with E-state index in [1.807, 2.05) is 0 Å². The molecule has 0 amide bonds. The van der Waals surface area contributed by atoms with Crippen LogP contribution in [0.5, 0.6) is 0 Å². The molecule has 0 aromatic heterocycles.